The summed E-state index contributed by atoms with van der Waals surface area (Å²) in [6.07, 6.45) is 0. The van der Waals surface area contributed by atoms with Gasteiger partial charge >= 0.3 is 0 Å². The predicted octanol–water partition coefficient (Wildman–Crippen LogP) is 4.37. The molecule has 2 amide bonds. The Morgan fingerprint density at radius 2 is 1.49 bits per heavy atom. The van der Waals surface area contributed by atoms with E-state index in [1.807, 2.05) is 20.8 Å². The summed E-state index contributed by atoms with van der Waals surface area (Å²) < 4.78 is 52.9. The average Bonchev–Trinajstić information content (AvgIpc) is 2.95. The number of nitrogens with one attached hydrogen (secondary N) is 1. The fourth-order valence-corrected chi connectivity index (χ4v) is 5.47. The second kappa shape index (κ2) is 14.0. The summed E-state index contributed by atoms with van der Waals surface area (Å²) in [6, 6.07) is 16.6. The monoisotopic (exact) mass is 585 g/mol. The molecule has 0 aliphatic carbocycles. The molecule has 3 rings (SSSR count). The van der Waals surface area contributed by atoms with Gasteiger partial charge in [0.05, 0.1) is 24.3 Å². The molecule has 0 saturated carbocycles. The number of amides is 2. The van der Waals surface area contributed by atoms with Gasteiger partial charge in [-0.05, 0) is 93.9 Å². The van der Waals surface area contributed by atoms with Crippen LogP contribution in [-0.2, 0) is 26.2 Å². The fourth-order valence-electron chi connectivity index (χ4n) is 4.05. The summed E-state index contributed by atoms with van der Waals surface area (Å²) in [5.41, 5.74) is 0.923. The maximum absolute atomic E-state index is 13.9. The van der Waals surface area contributed by atoms with Crippen molar-refractivity contribution in [3.63, 3.8) is 0 Å². The van der Waals surface area contributed by atoms with Gasteiger partial charge in [0.25, 0.3) is 10.0 Å². The molecule has 0 saturated heterocycles. The lowest BCUT2D eigenvalue weighted by Gasteiger charge is -2.32. The van der Waals surface area contributed by atoms with Gasteiger partial charge in [0.2, 0.25) is 11.8 Å². The molecule has 1 unspecified atom stereocenters. The maximum Gasteiger partial charge on any atom is 0.264 e. The Morgan fingerprint density at radius 1 is 0.902 bits per heavy atom. The van der Waals surface area contributed by atoms with Crippen LogP contribution in [-0.4, -0.2) is 57.5 Å². The van der Waals surface area contributed by atoms with Crippen molar-refractivity contribution in [2.45, 2.75) is 51.2 Å². The molecule has 11 heteroatoms. The lowest BCUT2D eigenvalue weighted by Crippen LogP contribution is -2.52. The molecule has 0 aromatic heterocycles. The number of hydrogen-bond acceptors (Lipinski definition) is 6. The Kier molecular flexibility index (Phi) is 10.7. The van der Waals surface area contributed by atoms with Crippen molar-refractivity contribution in [3.05, 3.63) is 84.2 Å². The van der Waals surface area contributed by atoms with Gasteiger partial charge in [-0.15, -0.1) is 0 Å². The van der Waals surface area contributed by atoms with Crippen molar-refractivity contribution in [2.75, 3.05) is 24.6 Å². The summed E-state index contributed by atoms with van der Waals surface area (Å²) in [7, 11) is -2.77. The van der Waals surface area contributed by atoms with Gasteiger partial charge in [-0.1, -0.05) is 12.1 Å². The number of anilines is 1. The van der Waals surface area contributed by atoms with Gasteiger partial charge in [-0.2, -0.15) is 0 Å². The van der Waals surface area contributed by atoms with E-state index in [1.54, 1.807) is 50.4 Å². The first-order valence-corrected chi connectivity index (χ1v) is 14.6. The van der Waals surface area contributed by atoms with Gasteiger partial charge < -0.3 is 19.7 Å². The smallest absolute Gasteiger partial charge is 0.264 e. The van der Waals surface area contributed by atoms with Gasteiger partial charge in [-0.3, -0.25) is 13.9 Å². The molecule has 0 spiro atoms. The van der Waals surface area contributed by atoms with Gasteiger partial charge in [-0.25, -0.2) is 12.8 Å². The molecule has 0 radical (unpaired) electrons. The highest BCUT2D eigenvalue weighted by Gasteiger charge is 2.32. The predicted molar refractivity (Wildman–Crippen MR) is 155 cm³/mol. The highest BCUT2D eigenvalue weighted by molar-refractivity contribution is 7.92. The highest BCUT2D eigenvalue weighted by atomic mass is 32.2. The number of carbonyl (C=O) groups is 2. The van der Waals surface area contributed by atoms with E-state index in [0.717, 1.165) is 34.1 Å². The van der Waals surface area contributed by atoms with Gasteiger partial charge in [0, 0.05) is 12.6 Å². The van der Waals surface area contributed by atoms with Crippen LogP contribution in [0.3, 0.4) is 0 Å². The van der Waals surface area contributed by atoms with Crippen LogP contribution in [0.25, 0.3) is 0 Å². The Bertz CT molecular complexity index is 1410. The number of rotatable bonds is 13. The fraction of sp³-hybridized carbons (Fsp3) is 0.333. The maximum atomic E-state index is 13.9. The zero-order chi connectivity index (χ0) is 30.2. The van der Waals surface area contributed by atoms with Crippen LogP contribution in [0.15, 0.2) is 77.7 Å². The lowest BCUT2D eigenvalue weighted by molar-refractivity contribution is -0.139. The number of nitrogens with zero attached hydrogens (tertiary/aromatic N) is 2. The molecule has 41 heavy (non-hydrogen) atoms. The minimum absolute atomic E-state index is 0.0449. The number of ether oxygens (including phenoxy) is 2. The summed E-state index contributed by atoms with van der Waals surface area (Å²) in [5, 5.41) is 2.81. The summed E-state index contributed by atoms with van der Waals surface area (Å²) in [4.78, 5) is 28.1. The van der Waals surface area contributed by atoms with Crippen molar-refractivity contribution in [1.82, 2.24) is 10.2 Å². The summed E-state index contributed by atoms with van der Waals surface area (Å²) in [5.74, 6) is -0.419. The Morgan fingerprint density at radius 3 is 2.02 bits per heavy atom. The topological polar surface area (TPSA) is 105 Å². The number of benzene rings is 3. The van der Waals surface area contributed by atoms with Crippen molar-refractivity contribution < 1.29 is 31.9 Å². The lowest BCUT2D eigenvalue weighted by atomic mass is 10.1. The molecule has 3 aromatic carbocycles. The van der Waals surface area contributed by atoms with Crippen LogP contribution in [0.4, 0.5) is 10.1 Å². The molecule has 0 aliphatic rings. The second-order valence-electron chi connectivity index (χ2n) is 9.60. The van der Waals surface area contributed by atoms with Gasteiger partial charge in [0.15, 0.2) is 0 Å². The Labute approximate surface area is 240 Å². The van der Waals surface area contributed by atoms with Crippen molar-refractivity contribution >= 4 is 27.5 Å². The number of carbonyl (C=O) groups excluding carboxylic acids is 2. The standard InChI is InChI=1S/C30H36FN3O6S/c1-6-40-27-15-11-25(12-16-27)34(41(37,38)28-17-9-24(31)10-18-28)20-29(35)33(22(4)30(36)32-21(2)3)19-23-7-13-26(39-5)14-8-23/h7-18,21-22H,6,19-20H2,1-5H3,(H,32,36). The normalized spacial score (nSPS) is 12.0. The minimum Gasteiger partial charge on any atom is -0.497 e. The largest absolute Gasteiger partial charge is 0.497 e. The SMILES string of the molecule is CCOc1ccc(N(CC(=O)N(Cc2ccc(OC)cc2)C(C)C(=O)NC(C)C)S(=O)(=O)c2ccc(F)cc2)cc1. The number of halogens is 1. The quantitative estimate of drug-likeness (QED) is 0.320. The third kappa shape index (κ3) is 8.20. The van der Waals surface area contributed by atoms with E-state index in [1.165, 1.54) is 17.0 Å². The van der Waals surface area contributed by atoms with E-state index >= 15 is 0 Å². The van der Waals surface area contributed by atoms with E-state index in [0.29, 0.717) is 18.1 Å². The molecule has 0 fully saturated rings. The van der Waals surface area contributed by atoms with Crippen LogP contribution in [0.1, 0.15) is 33.3 Å². The third-order valence-electron chi connectivity index (χ3n) is 6.23. The highest BCUT2D eigenvalue weighted by Crippen LogP contribution is 2.27. The average molecular weight is 586 g/mol. The zero-order valence-electron chi connectivity index (χ0n) is 23.8. The van der Waals surface area contributed by atoms with E-state index < -0.39 is 34.3 Å². The van der Waals surface area contributed by atoms with E-state index in [2.05, 4.69) is 5.32 Å². The molecule has 9 nitrogen and oxygen atoms in total. The number of hydrogen-bond donors (Lipinski definition) is 1. The molecule has 0 aliphatic heterocycles. The van der Waals surface area contributed by atoms with Crippen LogP contribution in [0.5, 0.6) is 11.5 Å². The molecule has 3 aromatic rings. The van der Waals surface area contributed by atoms with Crippen LogP contribution in [0.2, 0.25) is 0 Å². The first-order chi connectivity index (χ1) is 19.5. The van der Waals surface area contributed by atoms with E-state index in [9.17, 15) is 22.4 Å². The minimum atomic E-state index is -4.31. The van der Waals surface area contributed by atoms with Gasteiger partial charge in [0.1, 0.15) is 29.9 Å². The third-order valence-corrected chi connectivity index (χ3v) is 8.01. The van der Waals surface area contributed by atoms with Crippen LogP contribution >= 0.6 is 0 Å². The van der Waals surface area contributed by atoms with Crippen LogP contribution in [0, 0.1) is 5.82 Å². The second-order valence-corrected chi connectivity index (χ2v) is 11.5. The summed E-state index contributed by atoms with van der Waals surface area (Å²) >= 11 is 0. The zero-order valence-corrected chi connectivity index (χ0v) is 24.7. The molecular weight excluding hydrogens is 549 g/mol. The molecule has 0 heterocycles. The summed E-state index contributed by atoms with van der Waals surface area (Å²) in [6.45, 7) is 6.89. The van der Waals surface area contributed by atoms with Crippen molar-refractivity contribution in [2.24, 2.45) is 0 Å². The molecular formula is C30H36FN3O6S. The molecule has 220 valence electrons. The molecule has 1 N–H and O–H groups in total. The Hall–Kier alpha value is -4.12. The number of sulfonamides is 1. The van der Waals surface area contributed by atoms with Crippen molar-refractivity contribution in [3.8, 4) is 11.5 Å². The first-order valence-electron chi connectivity index (χ1n) is 13.2. The molecule has 1 atom stereocenters. The van der Waals surface area contributed by atoms with Crippen LogP contribution < -0.4 is 19.1 Å². The molecule has 0 bridgehead atoms. The van der Waals surface area contributed by atoms with E-state index in [4.69, 9.17) is 9.47 Å². The van der Waals surface area contributed by atoms with Crippen molar-refractivity contribution in [1.29, 1.82) is 0 Å². The first kappa shape index (κ1) is 31.4. The number of methoxy groups -OCH3 is 1. The van der Waals surface area contributed by atoms with E-state index in [-0.39, 0.29) is 29.1 Å². The Balaban J connectivity index is 2.02.